The molecule has 1 unspecified atom stereocenters. The molecule has 0 aliphatic carbocycles. The van der Waals surface area contributed by atoms with Crippen molar-refractivity contribution < 1.29 is 19.0 Å². The Morgan fingerprint density at radius 2 is 2.25 bits per heavy atom. The van der Waals surface area contributed by atoms with Crippen LogP contribution < -0.4 is 4.74 Å². The van der Waals surface area contributed by atoms with E-state index >= 15 is 0 Å². The molecule has 0 saturated carbocycles. The van der Waals surface area contributed by atoms with Gasteiger partial charge in [0.1, 0.15) is 16.6 Å². The van der Waals surface area contributed by atoms with E-state index in [-0.39, 0.29) is 22.8 Å². The highest BCUT2D eigenvalue weighted by molar-refractivity contribution is 6.32. The Kier molecular flexibility index (Phi) is 4.12. The Bertz CT molecular complexity index is 406. The summed E-state index contributed by atoms with van der Waals surface area (Å²) in [7, 11) is 1.39. The number of methoxy groups -OCH3 is 1. The van der Waals surface area contributed by atoms with E-state index in [1.54, 1.807) is 0 Å². The standard InChI is InChI=1S/C11H12ClFO3/c1-6(11(14)15)5-7-3-4-8(16-2)9(12)10(7)13/h3-4,6H,5H2,1-2H3,(H,14,15). The highest BCUT2D eigenvalue weighted by atomic mass is 35.5. The Morgan fingerprint density at radius 3 is 2.75 bits per heavy atom. The zero-order valence-corrected chi connectivity index (χ0v) is 9.71. The maximum atomic E-state index is 13.7. The molecule has 3 nitrogen and oxygen atoms in total. The molecule has 1 N–H and O–H groups in total. The van der Waals surface area contributed by atoms with Crippen LogP contribution in [-0.4, -0.2) is 18.2 Å². The van der Waals surface area contributed by atoms with Crippen molar-refractivity contribution in [2.45, 2.75) is 13.3 Å². The third-order valence-corrected chi connectivity index (χ3v) is 2.65. The predicted molar refractivity (Wildman–Crippen MR) is 58.5 cm³/mol. The first-order valence-corrected chi connectivity index (χ1v) is 5.08. The molecule has 0 heterocycles. The number of carboxylic acids is 1. The molecule has 88 valence electrons. The van der Waals surface area contributed by atoms with Crippen molar-refractivity contribution in [1.82, 2.24) is 0 Å². The molecular formula is C11H12ClFO3. The summed E-state index contributed by atoms with van der Waals surface area (Å²) in [5.74, 6) is -2.00. The first-order valence-electron chi connectivity index (χ1n) is 4.71. The van der Waals surface area contributed by atoms with Crippen molar-refractivity contribution in [2.24, 2.45) is 5.92 Å². The third kappa shape index (κ3) is 2.64. The molecule has 0 radical (unpaired) electrons. The zero-order valence-electron chi connectivity index (χ0n) is 8.96. The van der Waals surface area contributed by atoms with Crippen LogP contribution in [0.3, 0.4) is 0 Å². The Morgan fingerprint density at radius 1 is 1.62 bits per heavy atom. The Labute approximate surface area is 97.8 Å². The number of rotatable bonds is 4. The summed E-state index contributed by atoms with van der Waals surface area (Å²) in [4.78, 5) is 10.6. The van der Waals surface area contributed by atoms with Gasteiger partial charge in [-0.2, -0.15) is 0 Å². The van der Waals surface area contributed by atoms with E-state index in [9.17, 15) is 9.18 Å². The second-order valence-corrected chi connectivity index (χ2v) is 3.88. The minimum absolute atomic E-state index is 0.102. The van der Waals surface area contributed by atoms with Gasteiger partial charge in [0.2, 0.25) is 0 Å². The number of carbonyl (C=O) groups is 1. The van der Waals surface area contributed by atoms with E-state index < -0.39 is 17.7 Å². The number of aliphatic carboxylic acids is 1. The summed E-state index contributed by atoms with van der Waals surface area (Å²) >= 11 is 5.71. The number of hydrogen-bond acceptors (Lipinski definition) is 2. The molecule has 0 fully saturated rings. The smallest absolute Gasteiger partial charge is 0.306 e. The molecule has 0 bridgehead atoms. The van der Waals surface area contributed by atoms with Gasteiger partial charge < -0.3 is 9.84 Å². The molecule has 16 heavy (non-hydrogen) atoms. The molecule has 0 saturated heterocycles. The molecule has 0 aliphatic rings. The van der Waals surface area contributed by atoms with Crippen LogP contribution in [-0.2, 0) is 11.2 Å². The van der Waals surface area contributed by atoms with Crippen molar-refractivity contribution in [2.75, 3.05) is 7.11 Å². The number of carboxylic acid groups (broad SMARTS) is 1. The molecule has 0 spiro atoms. The quantitative estimate of drug-likeness (QED) is 0.889. The fourth-order valence-electron chi connectivity index (χ4n) is 1.30. The minimum Gasteiger partial charge on any atom is -0.495 e. The lowest BCUT2D eigenvalue weighted by molar-refractivity contribution is -0.141. The number of benzene rings is 1. The van der Waals surface area contributed by atoms with Crippen LogP contribution >= 0.6 is 11.6 Å². The van der Waals surface area contributed by atoms with E-state index in [4.69, 9.17) is 21.4 Å². The maximum absolute atomic E-state index is 13.7. The van der Waals surface area contributed by atoms with Crippen molar-refractivity contribution >= 4 is 17.6 Å². The molecule has 0 aromatic heterocycles. The van der Waals surface area contributed by atoms with Crippen molar-refractivity contribution in [3.8, 4) is 5.75 Å². The van der Waals surface area contributed by atoms with Gasteiger partial charge in [-0.3, -0.25) is 4.79 Å². The fourth-order valence-corrected chi connectivity index (χ4v) is 1.57. The summed E-state index contributed by atoms with van der Waals surface area (Å²) in [5.41, 5.74) is 0.278. The number of halogens is 2. The number of hydrogen-bond donors (Lipinski definition) is 1. The Hall–Kier alpha value is -1.29. The van der Waals surface area contributed by atoms with Crippen LogP contribution in [0.15, 0.2) is 12.1 Å². The predicted octanol–water partition coefficient (Wildman–Crippen LogP) is 2.75. The molecular weight excluding hydrogens is 235 g/mol. The monoisotopic (exact) mass is 246 g/mol. The molecule has 0 aliphatic heterocycles. The summed E-state index contributed by atoms with van der Waals surface area (Å²) < 4.78 is 18.5. The van der Waals surface area contributed by atoms with E-state index in [1.807, 2.05) is 0 Å². The lowest BCUT2D eigenvalue weighted by Crippen LogP contribution is -2.13. The summed E-state index contributed by atoms with van der Waals surface area (Å²) in [6.45, 7) is 1.51. The minimum atomic E-state index is -0.966. The summed E-state index contributed by atoms with van der Waals surface area (Å²) in [6, 6.07) is 3.01. The fraction of sp³-hybridized carbons (Fsp3) is 0.364. The molecule has 5 heteroatoms. The Balaban J connectivity index is 2.99. The van der Waals surface area contributed by atoms with Crippen molar-refractivity contribution in [3.05, 3.63) is 28.5 Å². The molecule has 1 rings (SSSR count). The van der Waals surface area contributed by atoms with Gasteiger partial charge >= 0.3 is 5.97 Å². The lowest BCUT2D eigenvalue weighted by atomic mass is 10.0. The van der Waals surface area contributed by atoms with Gasteiger partial charge in [0.15, 0.2) is 0 Å². The molecule has 1 aromatic rings. The van der Waals surface area contributed by atoms with E-state index in [1.165, 1.54) is 26.2 Å². The van der Waals surface area contributed by atoms with Crippen LogP contribution in [0.2, 0.25) is 5.02 Å². The van der Waals surface area contributed by atoms with Gasteiger partial charge in [-0.25, -0.2) is 4.39 Å². The molecule has 0 amide bonds. The van der Waals surface area contributed by atoms with E-state index in [0.717, 1.165) is 0 Å². The van der Waals surface area contributed by atoms with E-state index in [2.05, 4.69) is 0 Å². The van der Waals surface area contributed by atoms with Crippen LogP contribution in [0.4, 0.5) is 4.39 Å². The van der Waals surface area contributed by atoms with Gasteiger partial charge in [-0.1, -0.05) is 24.6 Å². The summed E-state index contributed by atoms with van der Waals surface area (Å²) in [6.07, 6.45) is 0.102. The lowest BCUT2D eigenvalue weighted by Gasteiger charge is -2.10. The molecule has 1 atom stereocenters. The van der Waals surface area contributed by atoms with Crippen LogP contribution in [0.1, 0.15) is 12.5 Å². The first-order chi connectivity index (χ1) is 7.47. The third-order valence-electron chi connectivity index (χ3n) is 2.29. The van der Waals surface area contributed by atoms with Gasteiger partial charge in [0, 0.05) is 0 Å². The van der Waals surface area contributed by atoms with Gasteiger partial charge in [-0.15, -0.1) is 0 Å². The van der Waals surface area contributed by atoms with Crippen molar-refractivity contribution in [1.29, 1.82) is 0 Å². The normalized spacial score (nSPS) is 12.2. The average Bonchev–Trinajstić information content (AvgIpc) is 2.25. The van der Waals surface area contributed by atoms with Crippen molar-refractivity contribution in [3.63, 3.8) is 0 Å². The van der Waals surface area contributed by atoms with Gasteiger partial charge in [0.05, 0.1) is 13.0 Å². The topological polar surface area (TPSA) is 46.5 Å². The average molecular weight is 247 g/mol. The van der Waals surface area contributed by atoms with Crippen LogP contribution in [0.25, 0.3) is 0 Å². The first kappa shape index (κ1) is 12.8. The highest BCUT2D eigenvalue weighted by Gasteiger charge is 2.17. The largest absolute Gasteiger partial charge is 0.495 e. The summed E-state index contributed by atoms with van der Waals surface area (Å²) in [5, 5.41) is 8.61. The van der Waals surface area contributed by atoms with Crippen LogP contribution in [0, 0.1) is 11.7 Å². The van der Waals surface area contributed by atoms with Crippen LogP contribution in [0.5, 0.6) is 5.75 Å². The van der Waals surface area contributed by atoms with Gasteiger partial charge in [-0.05, 0) is 18.1 Å². The second kappa shape index (κ2) is 5.16. The SMILES string of the molecule is COc1ccc(CC(C)C(=O)O)c(F)c1Cl. The highest BCUT2D eigenvalue weighted by Crippen LogP contribution is 2.30. The second-order valence-electron chi connectivity index (χ2n) is 3.50. The number of ether oxygens (including phenoxy) is 1. The van der Waals surface area contributed by atoms with Gasteiger partial charge in [0.25, 0.3) is 0 Å². The maximum Gasteiger partial charge on any atom is 0.306 e. The zero-order chi connectivity index (χ0) is 12.3. The molecule has 1 aromatic carbocycles. The van der Waals surface area contributed by atoms with E-state index in [0.29, 0.717) is 0 Å².